The molecule has 0 bridgehead atoms. The maximum absolute atomic E-state index is 5.33. The van der Waals surface area contributed by atoms with Crippen molar-refractivity contribution in [2.45, 2.75) is 27.1 Å². The van der Waals surface area contributed by atoms with Crippen LogP contribution in [-0.4, -0.2) is 31.3 Å². The molecule has 0 unspecified atom stereocenters. The predicted octanol–water partition coefficient (Wildman–Crippen LogP) is 3.24. The summed E-state index contributed by atoms with van der Waals surface area (Å²) in [6.07, 6.45) is 5.46. The van der Waals surface area contributed by atoms with Gasteiger partial charge in [-0.05, 0) is 37.2 Å². The van der Waals surface area contributed by atoms with Gasteiger partial charge in [-0.2, -0.15) is 10.2 Å². The Morgan fingerprint density at radius 1 is 1.19 bits per heavy atom. The van der Waals surface area contributed by atoms with E-state index in [1.54, 1.807) is 10.9 Å². The molecule has 0 aliphatic carbocycles. The summed E-state index contributed by atoms with van der Waals surface area (Å²) in [5.41, 5.74) is 3.28. The number of benzene rings is 1. The molecule has 0 spiro atoms. The quantitative estimate of drug-likeness (QED) is 0.622. The van der Waals surface area contributed by atoms with Gasteiger partial charge in [-0.3, -0.25) is 4.68 Å². The molecule has 2 N–H and O–H groups in total. The number of hydrogen-bond donors (Lipinski definition) is 2. The number of anilines is 2. The molecule has 26 heavy (non-hydrogen) atoms. The number of nitrogens with zero attached hydrogens (tertiary/aromatic N) is 4. The van der Waals surface area contributed by atoms with Crippen molar-refractivity contribution in [3.8, 4) is 0 Å². The predicted molar refractivity (Wildman–Crippen MR) is 106 cm³/mol. The van der Waals surface area contributed by atoms with Gasteiger partial charge in [0.25, 0.3) is 0 Å². The van der Waals surface area contributed by atoms with E-state index in [-0.39, 0.29) is 0 Å². The molecule has 2 heterocycles. The molecule has 8 heteroatoms. The van der Waals surface area contributed by atoms with Crippen molar-refractivity contribution in [3.63, 3.8) is 0 Å². The van der Waals surface area contributed by atoms with Crippen LogP contribution in [0.3, 0.4) is 0 Å². The molecule has 3 rings (SSSR count). The minimum atomic E-state index is 0.418. The molecular weight excluding hydrogens is 348 g/mol. The van der Waals surface area contributed by atoms with Gasteiger partial charge in [0.15, 0.2) is 10.9 Å². The number of nitrogens with one attached hydrogen (secondary N) is 2. The van der Waals surface area contributed by atoms with Crippen LogP contribution in [-0.2, 0) is 18.0 Å². The minimum absolute atomic E-state index is 0.418. The molecule has 3 aromatic rings. The molecule has 0 radical (unpaired) electrons. The Kier molecular flexibility index (Phi) is 5.98. The molecule has 0 aliphatic heterocycles. The molecule has 7 nitrogen and oxygen atoms in total. The third kappa shape index (κ3) is 4.90. The van der Waals surface area contributed by atoms with Crippen molar-refractivity contribution >= 4 is 28.8 Å². The van der Waals surface area contributed by atoms with Crippen molar-refractivity contribution in [1.29, 1.82) is 0 Å². The van der Waals surface area contributed by atoms with E-state index in [1.165, 1.54) is 11.1 Å². The van der Waals surface area contributed by atoms with Crippen LogP contribution in [0.1, 0.15) is 18.1 Å². The highest BCUT2D eigenvalue weighted by Gasteiger charge is 2.05. The van der Waals surface area contributed by atoms with Crippen LogP contribution in [0.2, 0.25) is 0 Å². The lowest BCUT2D eigenvalue weighted by molar-refractivity contribution is 0.0792. The number of aryl methyl sites for hydroxylation is 1. The lowest BCUT2D eigenvalue weighted by Gasteiger charge is -2.07. The van der Waals surface area contributed by atoms with Crippen molar-refractivity contribution in [3.05, 3.63) is 60.0 Å². The monoisotopic (exact) mass is 370 g/mol. The van der Waals surface area contributed by atoms with E-state index >= 15 is 0 Å². The number of aromatic nitrogens is 4. The fourth-order valence-corrected chi connectivity index (χ4v) is 2.66. The number of ether oxygens (including phenoxy) is 1. The first-order valence-electron chi connectivity index (χ1n) is 8.40. The van der Waals surface area contributed by atoms with Crippen LogP contribution < -0.4 is 10.6 Å². The van der Waals surface area contributed by atoms with E-state index in [4.69, 9.17) is 17.0 Å². The van der Waals surface area contributed by atoms with E-state index in [0.29, 0.717) is 24.3 Å². The third-order valence-corrected chi connectivity index (χ3v) is 4.00. The van der Waals surface area contributed by atoms with Gasteiger partial charge in [0.2, 0.25) is 0 Å². The summed E-state index contributed by atoms with van der Waals surface area (Å²) < 4.78 is 8.89. The number of hydrogen-bond acceptors (Lipinski definition) is 4. The van der Waals surface area contributed by atoms with E-state index in [2.05, 4.69) is 39.9 Å². The fourth-order valence-electron chi connectivity index (χ4n) is 2.44. The minimum Gasteiger partial charge on any atom is -0.360 e. The van der Waals surface area contributed by atoms with Gasteiger partial charge >= 0.3 is 0 Å². The van der Waals surface area contributed by atoms with Crippen LogP contribution in [0, 0.1) is 6.92 Å². The van der Waals surface area contributed by atoms with Crippen molar-refractivity contribution in [2.75, 3.05) is 17.2 Å². The first-order valence-corrected chi connectivity index (χ1v) is 8.81. The van der Waals surface area contributed by atoms with Crippen LogP contribution in [0.15, 0.2) is 48.9 Å². The topological polar surface area (TPSA) is 68.9 Å². The van der Waals surface area contributed by atoms with Crippen molar-refractivity contribution in [1.82, 2.24) is 19.6 Å². The van der Waals surface area contributed by atoms with Crippen LogP contribution in [0.25, 0.3) is 0 Å². The molecule has 0 saturated carbocycles. The summed E-state index contributed by atoms with van der Waals surface area (Å²) >= 11 is 5.33. The summed E-state index contributed by atoms with van der Waals surface area (Å²) in [5, 5.41) is 15.3. The van der Waals surface area contributed by atoms with Crippen LogP contribution >= 0.6 is 12.2 Å². The highest BCUT2D eigenvalue weighted by atomic mass is 32.1. The van der Waals surface area contributed by atoms with Gasteiger partial charge in [0, 0.05) is 18.9 Å². The Balaban J connectivity index is 1.54. The third-order valence-electron chi connectivity index (χ3n) is 3.79. The van der Waals surface area contributed by atoms with Crippen molar-refractivity contribution in [2.24, 2.45) is 0 Å². The van der Waals surface area contributed by atoms with Gasteiger partial charge in [-0.1, -0.05) is 24.3 Å². The first kappa shape index (κ1) is 18.1. The molecule has 0 amide bonds. The first-order chi connectivity index (χ1) is 12.6. The average molecular weight is 370 g/mol. The molecule has 136 valence electrons. The lowest BCUT2D eigenvalue weighted by Crippen LogP contribution is -2.19. The smallest absolute Gasteiger partial charge is 0.176 e. The average Bonchev–Trinajstić information content (AvgIpc) is 3.24. The van der Waals surface area contributed by atoms with Gasteiger partial charge in [0.1, 0.15) is 6.73 Å². The number of rotatable bonds is 7. The Bertz CT molecular complexity index is 872. The van der Waals surface area contributed by atoms with E-state index in [9.17, 15) is 0 Å². The maximum atomic E-state index is 5.33. The van der Waals surface area contributed by atoms with Gasteiger partial charge in [-0.25, -0.2) is 4.68 Å². The second-order valence-corrected chi connectivity index (χ2v) is 6.20. The highest BCUT2D eigenvalue weighted by molar-refractivity contribution is 7.80. The summed E-state index contributed by atoms with van der Waals surface area (Å²) in [4.78, 5) is 0. The van der Waals surface area contributed by atoms with Gasteiger partial charge in [0.05, 0.1) is 24.6 Å². The molecule has 2 aromatic heterocycles. The Hall–Kier alpha value is -2.71. The van der Waals surface area contributed by atoms with Gasteiger partial charge < -0.3 is 15.4 Å². The summed E-state index contributed by atoms with van der Waals surface area (Å²) in [7, 11) is 0. The van der Waals surface area contributed by atoms with E-state index < -0.39 is 0 Å². The normalized spacial score (nSPS) is 10.7. The Labute approximate surface area is 158 Å². The number of thiocarbonyl (C=S) groups is 1. The molecule has 0 atom stereocenters. The SMILES string of the molecule is CCOCn1cc(NC(=S)Nc2ccn(Cc3ccccc3C)n2)cn1. The van der Waals surface area contributed by atoms with Gasteiger partial charge in [-0.15, -0.1) is 0 Å². The highest BCUT2D eigenvalue weighted by Crippen LogP contribution is 2.11. The summed E-state index contributed by atoms with van der Waals surface area (Å²) in [6.45, 7) is 5.83. The largest absolute Gasteiger partial charge is 0.360 e. The fraction of sp³-hybridized carbons (Fsp3) is 0.278. The zero-order valence-electron chi connectivity index (χ0n) is 14.8. The van der Waals surface area contributed by atoms with Crippen molar-refractivity contribution < 1.29 is 4.74 Å². The van der Waals surface area contributed by atoms with E-state index in [1.807, 2.05) is 42.2 Å². The standard InChI is InChI=1S/C18H22N6OS/c1-3-25-13-24-12-16(10-19-24)20-18(26)21-17-8-9-23(22-17)11-15-7-5-4-6-14(15)2/h4-10,12H,3,11,13H2,1-2H3,(H2,20,21,22,26). The van der Waals surface area contributed by atoms with E-state index in [0.717, 1.165) is 12.2 Å². The molecule has 0 saturated heterocycles. The zero-order chi connectivity index (χ0) is 18.4. The van der Waals surface area contributed by atoms with Crippen LogP contribution in [0.4, 0.5) is 11.5 Å². The second kappa shape index (κ2) is 8.59. The molecule has 0 aliphatic rings. The molecule has 0 fully saturated rings. The lowest BCUT2D eigenvalue weighted by atomic mass is 10.1. The summed E-state index contributed by atoms with van der Waals surface area (Å²) in [6, 6.07) is 10.2. The Morgan fingerprint density at radius 3 is 2.85 bits per heavy atom. The zero-order valence-corrected chi connectivity index (χ0v) is 15.7. The molecule has 1 aromatic carbocycles. The molecular formula is C18H22N6OS. The van der Waals surface area contributed by atoms with Crippen LogP contribution in [0.5, 0.6) is 0 Å². The Morgan fingerprint density at radius 2 is 2.04 bits per heavy atom. The summed E-state index contributed by atoms with van der Waals surface area (Å²) in [5.74, 6) is 0.692. The maximum Gasteiger partial charge on any atom is 0.176 e. The second-order valence-electron chi connectivity index (χ2n) is 5.79.